The van der Waals surface area contributed by atoms with Crippen LogP contribution in [0.2, 0.25) is 15.1 Å². The highest BCUT2D eigenvalue weighted by atomic mass is 35.5. The van der Waals surface area contributed by atoms with Crippen molar-refractivity contribution in [2.45, 2.75) is 70.0 Å². The van der Waals surface area contributed by atoms with Crippen molar-refractivity contribution < 1.29 is 9.22 Å². The van der Waals surface area contributed by atoms with Gasteiger partial charge in [-0.15, -0.1) is 0 Å². The number of amides is 1. The van der Waals surface area contributed by atoms with Crippen molar-refractivity contribution in [1.82, 2.24) is 9.88 Å². The molecule has 1 unspecified atom stereocenters. The number of halogens is 2. The van der Waals surface area contributed by atoms with Gasteiger partial charge in [0, 0.05) is 23.6 Å². The lowest BCUT2D eigenvalue weighted by atomic mass is 9.80. The second-order valence-corrected chi connectivity index (χ2v) is 17.6. The van der Waals surface area contributed by atoms with Crippen LogP contribution in [0.4, 0.5) is 0 Å². The minimum atomic E-state index is -2.80. The van der Waals surface area contributed by atoms with E-state index in [1.807, 2.05) is 30.3 Å². The molecule has 0 spiro atoms. The van der Waals surface area contributed by atoms with Crippen LogP contribution in [-0.2, 0) is 9.22 Å². The predicted octanol–water partition coefficient (Wildman–Crippen LogP) is 8.19. The molecule has 1 amide bonds. The van der Waals surface area contributed by atoms with Crippen molar-refractivity contribution >= 4 is 47.8 Å². The number of aromatic nitrogens is 1. The van der Waals surface area contributed by atoms with E-state index in [9.17, 15) is 4.79 Å². The molecule has 1 aliphatic heterocycles. The smallest absolute Gasteiger partial charge is 0.261 e. The van der Waals surface area contributed by atoms with Crippen LogP contribution in [0.3, 0.4) is 0 Å². The minimum absolute atomic E-state index is 0.0343. The zero-order chi connectivity index (χ0) is 30.6. The van der Waals surface area contributed by atoms with E-state index in [1.165, 1.54) is 10.4 Å². The van der Waals surface area contributed by atoms with E-state index in [2.05, 4.69) is 99.3 Å². The average Bonchev–Trinajstić information content (AvgIpc) is 3.00. The van der Waals surface area contributed by atoms with Crippen molar-refractivity contribution in [2.24, 2.45) is 0 Å². The fourth-order valence-electron chi connectivity index (χ4n) is 6.72. The van der Waals surface area contributed by atoms with Gasteiger partial charge < -0.3 is 9.33 Å². The molecule has 1 fully saturated rings. The lowest BCUT2D eigenvalue weighted by Crippen LogP contribution is -2.67. The average molecular weight is 632 g/mol. The van der Waals surface area contributed by atoms with E-state index in [-0.39, 0.29) is 28.9 Å². The molecule has 4 aromatic rings. The Morgan fingerprint density at radius 1 is 0.907 bits per heavy atom. The standard InChI is InChI=1S/C36H40Cl2N2O2Si/c1-5-29(25-42-43(36(2,3)4,30-15-8-6-9-16-30)31-17-10-7-11-18-31)40-34(41)22-20-32(26-13-12-14-27(37)23-26)35(40)33-21-19-28(38)24-39-33/h6-19,21,23-24,29,32,35H,5,20,22,25H2,1-4H3/t29?,32-,35+/m1/s1. The summed E-state index contributed by atoms with van der Waals surface area (Å²) in [5, 5.41) is 3.53. The molecule has 2 heterocycles. The molecule has 224 valence electrons. The molecule has 7 heteroatoms. The molecule has 4 nitrogen and oxygen atoms in total. The Hall–Kier alpha value is -2.96. The van der Waals surface area contributed by atoms with Crippen LogP contribution >= 0.6 is 23.2 Å². The zero-order valence-corrected chi connectivity index (χ0v) is 27.9. The van der Waals surface area contributed by atoms with Gasteiger partial charge in [-0.1, -0.05) is 124 Å². The number of pyridine rings is 1. The molecule has 5 rings (SSSR count). The Morgan fingerprint density at radius 2 is 1.56 bits per heavy atom. The molecular formula is C36H40Cl2N2O2Si. The highest BCUT2D eigenvalue weighted by molar-refractivity contribution is 6.99. The number of rotatable bonds is 9. The van der Waals surface area contributed by atoms with Crippen LogP contribution in [0.5, 0.6) is 0 Å². The van der Waals surface area contributed by atoms with Crippen LogP contribution in [0, 0.1) is 0 Å². The third-order valence-corrected chi connectivity index (χ3v) is 14.2. The van der Waals surface area contributed by atoms with Crippen molar-refractivity contribution in [1.29, 1.82) is 0 Å². The van der Waals surface area contributed by atoms with Crippen LogP contribution in [0.1, 0.15) is 70.2 Å². The Labute approximate surface area is 267 Å². The normalized spacial score (nSPS) is 18.5. The maximum Gasteiger partial charge on any atom is 0.261 e. The van der Waals surface area contributed by atoms with Gasteiger partial charge in [0.05, 0.1) is 29.4 Å². The molecule has 0 radical (unpaired) electrons. The van der Waals surface area contributed by atoms with Crippen LogP contribution in [-0.4, -0.2) is 36.8 Å². The zero-order valence-electron chi connectivity index (χ0n) is 25.3. The van der Waals surface area contributed by atoms with E-state index >= 15 is 0 Å². The molecule has 0 N–H and O–H groups in total. The second-order valence-electron chi connectivity index (χ2n) is 12.4. The van der Waals surface area contributed by atoms with Gasteiger partial charge in [0.15, 0.2) is 0 Å². The summed E-state index contributed by atoms with van der Waals surface area (Å²) >= 11 is 12.7. The fraction of sp³-hybridized carbons (Fsp3) is 0.333. The first kappa shape index (κ1) is 31.5. The van der Waals surface area contributed by atoms with E-state index < -0.39 is 8.32 Å². The molecule has 1 aromatic heterocycles. The largest absolute Gasteiger partial charge is 0.405 e. The van der Waals surface area contributed by atoms with Gasteiger partial charge in [0.25, 0.3) is 8.32 Å². The summed E-state index contributed by atoms with van der Waals surface area (Å²) in [5.74, 6) is 0.157. The molecule has 1 saturated heterocycles. The lowest BCUT2D eigenvalue weighted by Gasteiger charge is -2.48. The monoisotopic (exact) mass is 630 g/mol. The molecule has 3 aromatic carbocycles. The van der Waals surface area contributed by atoms with Gasteiger partial charge in [0.2, 0.25) is 5.91 Å². The summed E-state index contributed by atoms with van der Waals surface area (Å²) < 4.78 is 7.37. The molecule has 0 aliphatic carbocycles. The summed E-state index contributed by atoms with van der Waals surface area (Å²) in [6.45, 7) is 9.40. The van der Waals surface area contributed by atoms with Crippen LogP contribution in [0.15, 0.2) is 103 Å². The highest BCUT2D eigenvalue weighted by Crippen LogP contribution is 2.45. The number of likely N-dealkylation sites (tertiary alicyclic amines) is 1. The first-order valence-electron chi connectivity index (χ1n) is 15.1. The van der Waals surface area contributed by atoms with Gasteiger partial charge >= 0.3 is 0 Å². The summed E-state index contributed by atoms with van der Waals surface area (Å²) in [5.41, 5.74) is 1.93. The number of hydrogen-bond donors (Lipinski definition) is 0. The molecular weight excluding hydrogens is 591 g/mol. The molecule has 1 aliphatic rings. The van der Waals surface area contributed by atoms with Crippen LogP contribution < -0.4 is 10.4 Å². The molecule has 3 atom stereocenters. The SMILES string of the molecule is CCC(CO[Si](c1ccccc1)(c1ccccc1)C(C)(C)C)N1C(=O)CC[C@H](c2cccc(Cl)c2)[C@H]1c1ccc(Cl)cn1. The molecule has 43 heavy (non-hydrogen) atoms. The summed E-state index contributed by atoms with van der Waals surface area (Å²) in [6, 6.07) is 32.7. The number of nitrogens with zero attached hydrogens (tertiary/aromatic N) is 2. The molecule has 0 bridgehead atoms. The number of piperidine rings is 1. The second kappa shape index (κ2) is 13.4. The third-order valence-electron chi connectivity index (χ3n) is 8.74. The Kier molecular flexibility index (Phi) is 9.77. The van der Waals surface area contributed by atoms with Crippen molar-refractivity contribution in [3.63, 3.8) is 0 Å². The summed E-state index contributed by atoms with van der Waals surface area (Å²) in [4.78, 5) is 20.8. The Bertz CT molecular complexity index is 1470. The summed E-state index contributed by atoms with van der Waals surface area (Å²) in [6.07, 6.45) is 3.59. The van der Waals surface area contributed by atoms with Gasteiger partial charge in [-0.25, -0.2) is 0 Å². The van der Waals surface area contributed by atoms with E-state index in [0.717, 1.165) is 24.1 Å². The number of carbonyl (C=O) groups excluding carboxylic acids is 1. The Morgan fingerprint density at radius 3 is 2.09 bits per heavy atom. The third kappa shape index (κ3) is 6.46. The van der Waals surface area contributed by atoms with E-state index in [0.29, 0.717) is 23.1 Å². The number of benzene rings is 3. The fourth-order valence-corrected chi connectivity index (χ4v) is 11.6. The molecule has 0 saturated carbocycles. The van der Waals surface area contributed by atoms with Gasteiger partial charge in [-0.05, 0) is 58.1 Å². The van der Waals surface area contributed by atoms with E-state index in [4.69, 9.17) is 32.6 Å². The number of hydrogen-bond acceptors (Lipinski definition) is 3. The minimum Gasteiger partial charge on any atom is -0.405 e. The summed E-state index contributed by atoms with van der Waals surface area (Å²) in [7, 11) is -2.80. The first-order valence-corrected chi connectivity index (χ1v) is 17.7. The first-order chi connectivity index (χ1) is 20.7. The van der Waals surface area contributed by atoms with Crippen molar-refractivity contribution in [3.05, 3.63) is 125 Å². The van der Waals surface area contributed by atoms with Crippen molar-refractivity contribution in [2.75, 3.05) is 6.61 Å². The topological polar surface area (TPSA) is 42.4 Å². The van der Waals surface area contributed by atoms with Gasteiger partial charge in [-0.2, -0.15) is 0 Å². The van der Waals surface area contributed by atoms with E-state index in [1.54, 1.807) is 6.20 Å². The lowest BCUT2D eigenvalue weighted by molar-refractivity contribution is -0.142. The van der Waals surface area contributed by atoms with Crippen LogP contribution in [0.25, 0.3) is 0 Å². The van der Waals surface area contributed by atoms with Crippen molar-refractivity contribution in [3.8, 4) is 0 Å². The maximum atomic E-state index is 14.0. The quantitative estimate of drug-likeness (QED) is 0.175. The predicted molar refractivity (Wildman–Crippen MR) is 180 cm³/mol. The number of carbonyl (C=O) groups is 1. The highest BCUT2D eigenvalue weighted by Gasteiger charge is 2.51. The Balaban J connectivity index is 1.58. The van der Waals surface area contributed by atoms with Gasteiger partial charge in [0.1, 0.15) is 0 Å². The van der Waals surface area contributed by atoms with Gasteiger partial charge in [-0.3, -0.25) is 9.78 Å². The maximum absolute atomic E-state index is 14.0.